The molecule has 3 heterocycles. The van der Waals surface area contributed by atoms with Crippen LogP contribution in [0.25, 0.3) is 0 Å². The van der Waals surface area contributed by atoms with Gasteiger partial charge in [-0.1, -0.05) is 0 Å². The number of hydrogen-bond acceptors (Lipinski definition) is 6. The number of nitrogens with zero attached hydrogens (tertiary/aromatic N) is 4. The summed E-state index contributed by atoms with van der Waals surface area (Å²) in [4.78, 5) is 26.0. The van der Waals surface area contributed by atoms with Crippen LogP contribution in [0, 0.1) is 0 Å². The van der Waals surface area contributed by atoms with Crippen LogP contribution in [-0.4, -0.2) is 60.2 Å². The number of likely N-dealkylation sites (N-methyl/N-ethyl adjacent to an activating group) is 1. The number of esters is 1. The van der Waals surface area contributed by atoms with Crippen molar-refractivity contribution in [3.05, 3.63) is 17.6 Å². The lowest BCUT2D eigenvalue weighted by molar-refractivity contribution is 0.0593. The molecule has 0 unspecified atom stereocenters. The Kier molecular flexibility index (Phi) is 3.29. The molecule has 0 amide bonds. The van der Waals surface area contributed by atoms with E-state index in [9.17, 15) is 4.79 Å². The summed E-state index contributed by atoms with van der Waals surface area (Å²) in [5, 5.41) is 0. The third-order valence-corrected chi connectivity index (χ3v) is 5.00. The first kappa shape index (κ1) is 13.9. The van der Waals surface area contributed by atoms with Gasteiger partial charge in [-0.3, -0.25) is 0 Å². The first-order chi connectivity index (χ1) is 10.7. The van der Waals surface area contributed by atoms with Gasteiger partial charge in [0.05, 0.1) is 7.11 Å². The first-order valence-electron chi connectivity index (χ1n) is 8.10. The summed E-state index contributed by atoms with van der Waals surface area (Å²) in [5.74, 6) is 1.79. The number of fused-ring (bicyclic) bond motifs is 2. The molecular weight excluding hydrogens is 280 g/mol. The molecule has 2 saturated heterocycles. The first-order valence-corrected chi connectivity index (χ1v) is 8.10. The molecule has 2 atom stereocenters. The molecule has 3 aliphatic rings. The fourth-order valence-electron chi connectivity index (χ4n) is 3.81. The van der Waals surface area contributed by atoms with Crippen molar-refractivity contribution in [2.75, 3.05) is 32.1 Å². The molecular formula is C16H22N4O2. The number of hydrogen-bond donors (Lipinski definition) is 0. The van der Waals surface area contributed by atoms with E-state index in [1.54, 1.807) is 0 Å². The average molecular weight is 302 g/mol. The summed E-state index contributed by atoms with van der Waals surface area (Å²) in [7, 11) is 3.58. The van der Waals surface area contributed by atoms with Gasteiger partial charge in [0.15, 0.2) is 5.69 Å². The Morgan fingerprint density at radius 3 is 2.45 bits per heavy atom. The molecule has 118 valence electrons. The van der Waals surface area contributed by atoms with Crippen molar-refractivity contribution in [2.24, 2.45) is 0 Å². The zero-order chi connectivity index (χ0) is 15.3. The third kappa shape index (κ3) is 2.35. The van der Waals surface area contributed by atoms with Crippen LogP contribution >= 0.6 is 0 Å². The van der Waals surface area contributed by atoms with E-state index in [1.165, 1.54) is 20.0 Å². The fourth-order valence-corrected chi connectivity index (χ4v) is 3.81. The SMILES string of the molecule is COC(=O)c1cc(N2[C@@H]3CC[C@H]2CN(C)C3)nc(C2CC2)n1. The quantitative estimate of drug-likeness (QED) is 0.787. The summed E-state index contributed by atoms with van der Waals surface area (Å²) in [6, 6.07) is 2.81. The maximum absolute atomic E-state index is 11.9. The van der Waals surface area contributed by atoms with Crippen LogP contribution in [0.4, 0.5) is 5.82 Å². The molecule has 6 heteroatoms. The molecule has 1 saturated carbocycles. The predicted molar refractivity (Wildman–Crippen MR) is 82.1 cm³/mol. The topological polar surface area (TPSA) is 58.6 Å². The highest BCUT2D eigenvalue weighted by molar-refractivity contribution is 5.88. The fraction of sp³-hybridized carbons (Fsp3) is 0.688. The van der Waals surface area contributed by atoms with Crippen LogP contribution in [-0.2, 0) is 4.74 Å². The zero-order valence-electron chi connectivity index (χ0n) is 13.2. The van der Waals surface area contributed by atoms with Crippen LogP contribution in [0.15, 0.2) is 6.07 Å². The number of carbonyl (C=O) groups excluding carboxylic acids is 1. The van der Waals surface area contributed by atoms with Crippen LogP contribution in [0.1, 0.15) is 47.9 Å². The van der Waals surface area contributed by atoms with E-state index in [0.717, 1.165) is 37.6 Å². The molecule has 1 aliphatic carbocycles. The molecule has 22 heavy (non-hydrogen) atoms. The van der Waals surface area contributed by atoms with Gasteiger partial charge in [0.1, 0.15) is 11.6 Å². The molecule has 0 radical (unpaired) electrons. The van der Waals surface area contributed by atoms with Crippen LogP contribution in [0.2, 0.25) is 0 Å². The van der Waals surface area contributed by atoms with E-state index in [4.69, 9.17) is 9.72 Å². The third-order valence-electron chi connectivity index (χ3n) is 5.00. The Morgan fingerprint density at radius 2 is 1.86 bits per heavy atom. The van der Waals surface area contributed by atoms with E-state index in [2.05, 4.69) is 21.8 Å². The van der Waals surface area contributed by atoms with E-state index in [-0.39, 0.29) is 5.97 Å². The van der Waals surface area contributed by atoms with Gasteiger partial charge in [0.2, 0.25) is 0 Å². The lowest BCUT2D eigenvalue weighted by Gasteiger charge is -2.40. The second-order valence-electron chi connectivity index (χ2n) is 6.75. The van der Waals surface area contributed by atoms with Crippen molar-refractivity contribution in [3.63, 3.8) is 0 Å². The maximum Gasteiger partial charge on any atom is 0.356 e. The van der Waals surface area contributed by atoms with Crippen molar-refractivity contribution in [2.45, 2.75) is 43.7 Å². The van der Waals surface area contributed by atoms with Crippen molar-refractivity contribution in [1.82, 2.24) is 14.9 Å². The minimum atomic E-state index is -0.368. The van der Waals surface area contributed by atoms with Crippen molar-refractivity contribution < 1.29 is 9.53 Å². The Bertz CT molecular complexity index is 588. The van der Waals surface area contributed by atoms with Gasteiger partial charge < -0.3 is 14.5 Å². The smallest absolute Gasteiger partial charge is 0.356 e. The average Bonchev–Trinajstić information content (AvgIpc) is 3.32. The molecule has 0 aromatic carbocycles. The molecule has 0 N–H and O–H groups in total. The summed E-state index contributed by atoms with van der Waals surface area (Å²) in [5.41, 5.74) is 0.396. The largest absolute Gasteiger partial charge is 0.464 e. The number of piperazine rings is 1. The normalized spacial score (nSPS) is 28.0. The second-order valence-corrected chi connectivity index (χ2v) is 6.75. The number of ether oxygens (including phenoxy) is 1. The van der Waals surface area contributed by atoms with Crippen molar-refractivity contribution in [3.8, 4) is 0 Å². The maximum atomic E-state index is 11.9. The van der Waals surface area contributed by atoms with Crippen LogP contribution in [0.5, 0.6) is 0 Å². The molecule has 2 aliphatic heterocycles. The molecule has 4 rings (SSSR count). The highest BCUT2D eigenvalue weighted by Crippen LogP contribution is 2.40. The van der Waals surface area contributed by atoms with Gasteiger partial charge in [-0.05, 0) is 32.7 Å². The molecule has 3 fully saturated rings. The number of carbonyl (C=O) groups is 1. The Labute approximate surface area is 130 Å². The molecule has 6 nitrogen and oxygen atoms in total. The molecule has 0 spiro atoms. The van der Waals surface area contributed by atoms with E-state index < -0.39 is 0 Å². The second kappa shape index (κ2) is 5.19. The minimum Gasteiger partial charge on any atom is -0.464 e. The van der Waals surface area contributed by atoms with Gasteiger partial charge >= 0.3 is 5.97 Å². The summed E-state index contributed by atoms with van der Waals surface area (Å²) >= 11 is 0. The zero-order valence-corrected chi connectivity index (χ0v) is 13.2. The van der Waals surface area contributed by atoms with Crippen molar-refractivity contribution >= 4 is 11.8 Å². The lowest BCUT2D eigenvalue weighted by atomic mass is 10.2. The summed E-state index contributed by atoms with van der Waals surface area (Å²) in [6.07, 6.45) is 4.65. The molecule has 1 aromatic heterocycles. The van der Waals surface area contributed by atoms with Gasteiger partial charge in [-0.2, -0.15) is 0 Å². The number of methoxy groups -OCH3 is 1. The van der Waals surface area contributed by atoms with Gasteiger partial charge in [-0.25, -0.2) is 14.8 Å². The Morgan fingerprint density at radius 1 is 1.18 bits per heavy atom. The van der Waals surface area contributed by atoms with Gasteiger partial charge in [-0.15, -0.1) is 0 Å². The molecule has 1 aromatic rings. The number of aromatic nitrogens is 2. The number of anilines is 1. The Hall–Kier alpha value is -1.69. The lowest BCUT2D eigenvalue weighted by Crippen LogP contribution is -2.52. The summed E-state index contributed by atoms with van der Waals surface area (Å²) in [6.45, 7) is 2.12. The summed E-state index contributed by atoms with van der Waals surface area (Å²) < 4.78 is 4.86. The van der Waals surface area contributed by atoms with E-state index >= 15 is 0 Å². The number of likely N-dealkylation sites (tertiary alicyclic amines) is 1. The van der Waals surface area contributed by atoms with E-state index in [1.807, 2.05) is 6.07 Å². The standard InChI is InChI=1S/C16H22N4O2/c1-19-8-11-5-6-12(9-19)20(11)14-7-13(16(21)22-2)17-15(18-14)10-3-4-10/h7,10-12H,3-6,8-9H2,1-2H3/t11-,12+. The monoisotopic (exact) mass is 302 g/mol. The predicted octanol–water partition coefficient (Wildman–Crippen LogP) is 1.42. The van der Waals surface area contributed by atoms with Crippen LogP contribution in [0.3, 0.4) is 0 Å². The van der Waals surface area contributed by atoms with Gasteiger partial charge in [0.25, 0.3) is 0 Å². The van der Waals surface area contributed by atoms with Gasteiger partial charge in [0, 0.05) is 37.2 Å². The molecule has 2 bridgehead atoms. The highest BCUT2D eigenvalue weighted by atomic mass is 16.5. The van der Waals surface area contributed by atoms with E-state index in [0.29, 0.717) is 23.7 Å². The minimum absolute atomic E-state index is 0.368. The van der Waals surface area contributed by atoms with Crippen LogP contribution < -0.4 is 4.90 Å². The Balaban J connectivity index is 1.71. The highest BCUT2D eigenvalue weighted by Gasteiger charge is 2.40. The number of rotatable bonds is 3. The van der Waals surface area contributed by atoms with Crippen molar-refractivity contribution in [1.29, 1.82) is 0 Å².